The monoisotopic (exact) mass is 399 g/mol. The number of carbonyl (C=O) groups excluding carboxylic acids is 1. The third kappa shape index (κ3) is 2.74. The summed E-state index contributed by atoms with van der Waals surface area (Å²) in [6.07, 6.45) is 1.71. The summed E-state index contributed by atoms with van der Waals surface area (Å²) in [7, 11) is 2.11. The average molecular weight is 400 g/mol. The lowest BCUT2D eigenvalue weighted by atomic mass is 9.62. The second-order valence-corrected chi connectivity index (χ2v) is 9.98. The van der Waals surface area contributed by atoms with Gasteiger partial charge in [0.1, 0.15) is 6.10 Å². The minimum atomic E-state index is -1.74. The van der Waals surface area contributed by atoms with Gasteiger partial charge in [0, 0.05) is 23.2 Å². The summed E-state index contributed by atoms with van der Waals surface area (Å²) in [4.78, 5) is 16.7. The maximum absolute atomic E-state index is 13.2. The van der Waals surface area contributed by atoms with Crippen LogP contribution < -0.4 is 0 Å². The van der Waals surface area contributed by atoms with Crippen molar-refractivity contribution in [3.05, 3.63) is 57.6 Å². The Kier molecular flexibility index (Phi) is 3.95. The lowest BCUT2D eigenvalue weighted by Crippen LogP contribution is -2.63. The fourth-order valence-electron chi connectivity index (χ4n) is 4.55. The molecule has 1 atom stereocenters. The Labute approximate surface area is 166 Å². The maximum atomic E-state index is 13.2. The van der Waals surface area contributed by atoms with Crippen LogP contribution in [-0.4, -0.2) is 42.2 Å². The second kappa shape index (κ2) is 6.14. The maximum Gasteiger partial charge on any atom is 0.349 e. The van der Waals surface area contributed by atoms with Crippen LogP contribution in [0.15, 0.2) is 47.8 Å². The van der Waals surface area contributed by atoms with Crippen LogP contribution in [0.3, 0.4) is 0 Å². The van der Waals surface area contributed by atoms with Gasteiger partial charge in [-0.05, 0) is 48.9 Å². The number of rotatable bonds is 4. The van der Waals surface area contributed by atoms with Gasteiger partial charge in [0.05, 0.1) is 9.75 Å². The molecule has 1 saturated heterocycles. The summed E-state index contributed by atoms with van der Waals surface area (Å²) in [5, 5.41) is 14.5. The molecule has 0 radical (unpaired) electrons. The first-order valence-electron chi connectivity index (χ1n) is 9.14. The highest BCUT2D eigenvalue weighted by atomic mass is 32.1. The molecule has 6 heteroatoms. The van der Waals surface area contributed by atoms with E-state index in [9.17, 15) is 9.90 Å². The number of fused-ring (bicyclic) bond motifs is 1. The number of benzene rings is 1. The zero-order chi connectivity index (χ0) is 18.6. The highest BCUT2D eigenvalue weighted by Gasteiger charge is 2.54. The Morgan fingerprint density at radius 2 is 2.00 bits per heavy atom. The molecular formula is C21H21NO3S2. The molecular weight excluding hydrogens is 378 g/mol. The summed E-state index contributed by atoms with van der Waals surface area (Å²) in [6, 6.07) is 13.5. The van der Waals surface area contributed by atoms with Crippen molar-refractivity contribution >= 4 is 38.7 Å². The predicted octanol–water partition coefficient (Wildman–Crippen LogP) is 3.84. The van der Waals surface area contributed by atoms with Gasteiger partial charge in [-0.15, -0.1) is 22.7 Å². The minimum Gasteiger partial charge on any atom is -0.460 e. The van der Waals surface area contributed by atoms with Gasteiger partial charge in [-0.1, -0.05) is 24.3 Å². The van der Waals surface area contributed by atoms with E-state index >= 15 is 0 Å². The van der Waals surface area contributed by atoms with Crippen molar-refractivity contribution in [2.24, 2.45) is 5.41 Å². The van der Waals surface area contributed by atoms with Gasteiger partial charge in [0.2, 0.25) is 5.60 Å². The van der Waals surface area contributed by atoms with Gasteiger partial charge in [-0.2, -0.15) is 0 Å². The van der Waals surface area contributed by atoms with Crippen LogP contribution >= 0.6 is 22.7 Å². The Morgan fingerprint density at radius 3 is 2.67 bits per heavy atom. The van der Waals surface area contributed by atoms with Crippen LogP contribution in [0.5, 0.6) is 0 Å². The smallest absolute Gasteiger partial charge is 0.349 e. The number of hydrogen-bond acceptors (Lipinski definition) is 6. The number of ether oxygens (including phenoxy) is 1. The van der Waals surface area contributed by atoms with Crippen LogP contribution in [0.4, 0.5) is 0 Å². The summed E-state index contributed by atoms with van der Waals surface area (Å²) >= 11 is 2.83. The fraction of sp³-hybridized carbons (Fsp3) is 0.381. The minimum absolute atomic E-state index is 0.0907. The molecule has 1 spiro atoms. The first-order chi connectivity index (χ1) is 13.0. The Hall–Kier alpha value is -1.73. The van der Waals surface area contributed by atoms with E-state index in [1.807, 2.05) is 41.8 Å². The van der Waals surface area contributed by atoms with Gasteiger partial charge in [-0.25, -0.2) is 4.79 Å². The number of esters is 1. The van der Waals surface area contributed by atoms with Crippen LogP contribution in [0.25, 0.3) is 10.1 Å². The van der Waals surface area contributed by atoms with E-state index in [0.29, 0.717) is 15.2 Å². The molecule has 140 valence electrons. The van der Waals surface area contributed by atoms with E-state index in [4.69, 9.17) is 4.74 Å². The van der Waals surface area contributed by atoms with Gasteiger partial charge in [0.15, 0.2) is 0 Å². The molecule has 0 amide bonds. The molecule has 27 heavy (non-hydrogen) atoms. The SMILES string of the molecule is CN1CC2(CC(OC(=O)[C@](O)(c3cccs3)c3cc4ccccc4s3)C2)C1. The largest absolute Gasteiger partial charge is 0.460 e. The predicted molar refractivity (Wildman–Crippen MR) is 108 cm³/mol. The van der Waals surface area contributed by atoms with Gasteiger partial charge >= 0.3 is 5.97 Å². The summed E-state index contributed by atoms with van der Waals surface area (Å²) in [5.41, 5.74) is -1.41. The van der Waals surface area contributed by atoms with E-state index < -0.39 is 11.6 Å². The normalized spacial score (nSPS) is 21.6. The molecule has 2 aliphatic rings. The van der Waals surface area contributed by atoms with Crippen molar-refractivity contribution in [1.82, 2.24) is 4.90 Å². The molecule has 0 unspecified atom stereocenters. The third-order valence-electron chi connectivity index (χ3n) is 5.76. The van der Waals surface area contributed by atoms with E-state index in [2.05, 4.69) is 11.9 Å². The van der Waals surface area contributed by atoms with Crippen molar-refractivity contribution in [3.8, 4) is 0 Å². The lowest BCUT2D eigenvalue weighted by Gasteiger charge is -2.57. The molecule has 1 aliphatic heterocycles. The van der Waals surface area contributed by atoms with E-state index in [1.54, 1.807) is 6.07 Å². The molecule has 2 aromatic heterocycles. The number of nitrogens with zero attached hydrogens (tertiary/aromatic N) is 1. The van der Waals surface area contributed by atoms with Crippen LogP contribution in [0.2, 0.25) is 0 Å². The number of carbonyl (C=O) groups is 1. The van der Waals surface area contributed by atoms with Gasteiger partial charge in [-0.3, -0.25) is 0 Å². The van der Waals surface area contributed by atoms with E-state index in [0.717, 1.165) is 36.0 Å². The Morgan fingerprint density at radius 1 is 1.22 bits per heavy atom. The highest BCUT2D eigenvalue weighted by Crippen LogP contribution is 2.50. The summed E-state index contributed by atoms with van der Waals surface area (Å²) in [6.45, 7) is 2.15. The first-order valence-corrected chi connectivity index (χ1v) is 10.8. The molecule has 1 aromatic carbocycles. The van der Waals surface area contributed by atoms with Crippen LogP contribution in [0, 0.1) is 5.41 Å². The average Bonchev–Trinajstić information content (AvgIpc) is 3.27. The van der Waals surface area contributed by atoms with Crippen LogP contribution in [-0.2, 0) is 15.1 Å². The van der Waals surface area contributed by atoms with E-state index in [1.165, 1.54) is 22.7 Å². The molecule has 2 fully saturated rings. The van der Waals surface area contributed by atoms with Gasteiger partial charge < -0.3 is 14.7 Å². The van der Waals surface area contributed by atoms with Crippen LogP contribution in [0.1, 0.15) is 22.6 Å². The first kappa shape index (κ1) is 17.4. The third-order valence-corrected chi connectivity index (χ3v) is 7.96. The zero-order valence-corrected chi connectivity index (χ0v) is 16.7. The van der Waals surface area contributed by atoms with Crippen molar-refractivity contribution in [2.45, 2.75) is 24.5 Å². The highest BCUT2D eigenvalue weighted by molar-refractivity contribution is 7.19. The molecule has 1 aliphatic carbocycles. The summed E-state index contributed by atoms with van der Waals surface area (Å²) in [5.74, 6) is -0.552. The number of hydrogen-bond donors (Lipinski definition) is 1. The topological polar surface area (TPSA) is 49.8 Å². The Balaban J connectivity index is 1.43. The molecule has 3 aromatic rings. The molecule has 1 N–H and O–H groups in total. The number of aliphatic hydroxyl groups is 1. The number of likely N-dealkylation sites (tertiary alicyclic amines) is 1. The summed E-state index contributed by atoms with van der Waals surface area (Å²) < 4.78 is 6.85. The van der Waals surface area contributed by atoms with Crippen molar-refractivity contribution in [2.75, 3.05) is 20.1 Å². The molecule has 0 bridgehead atoms. The standard InChI is InChI=1S/C21H21NO3S2/c1-22-12-20(13-22)10-15(11-20)25-19(23)21(24,17-7-4-8-26-17)18-9-14-5-2-3-6-16(14)27-18/h2-9,15,24H,10-13H2,1H3/t21-/m0/s1. The number of thiophene rings is 2. The van der Waals surface area contributed by atoms with Crippen molar-refractivity contribution in [3.63, 3.8) is 0 Å². The quantitative estimate of drug-likeness (QED) is 0.678. The molecule has 4 nitrogen and oxygen atoms in total. The Bertz CT molecular complexity index is 949. The van der Waals surface area contributed by atoms with E-state index in [-0.39, 0.29) is 6.10 Å². The lowest BCUT2D eigenvalue weighted by molar-refractivity contribution is -0.189. The fourth-order valence-corrected chi connectivity index (χ4v) is 6.59. The zero-order valence-electron chi connectivity index (χ0n) is 15.1. The molecule has 5 rings (SSSR count). The molecule has 1 saturated carbocycles. The molecule has 3 heterocycles. The van der Waals surface area contributed by atoms with Crippen molar-refractivity contribution in [1.29, 1.82) is 0 Å². The van der Waals surface area contributed by atoms with Gasteiger partial charge in [0.25, 0.3) is 0 Å². The second-order valence-electron chi connectivity index (χ2n) is 7.94. The van der Waals surface area contributed by atoms with Crippen molar-refractivity contribution < 1.29 is 14.6 Å².